The zero-order valence-electron chi connectivity index (χ0n) is 19.8. The first-order valence-electron chi connectivity index (χ1n) is 11.9. The van der Waals surface area contributed by atoms with Crippen LogP contribution in [0.2, 0.25) is 0 Å². The van der Waals surface area contributed by atoms with Crippen LogP contribution in [-0.2, 0) is 14.3 Å². The Labute approximate surface area is 191 Å². The second kappa shape index (κ2) is 13.7. The number of carbonyl (C=O) groups excluding carboxylic acids is 3. The highest BCUT2D eigenvalue weighted by Crippen LogP contribution is 2.16. The lowest BCUT2D eigenvalue weighted by atomic mass is 10.2. The Bertz CT molecular complexity index is 732. The zero-order chi connectivity index (χ0) is 23.3. The van der Waals surface area contributed by atoms with Crippen LogP contribution < -0.4 is 4.90 Å². The van der Waals surface area contributed by atoms with E-state index >= 15 is 0 Å². The van der Waals surface area contributed by atoms with E-state index in [0.717, 1.165) is 44.7 Å². The summed E-state index contributed by atoms with van der Waals surface area (Å²) in [6.07, 6.45) is 5.74. The van der Waals surface area contributed by atoms with Crippen LogP contribution in [0, 0.1) is 0 Å². The third-order valence-electron chi connectivity index (χ3n) is 5.55. The number of rotatable bonds is 11. The highest BCUT2D eigenvalue weighted by Gasteiger charge is 2.21. The third-order valence-corrected chi connectivity index (χ3v) is 5.55. The molecule has 1 aliphatic heterocycles. The number of pyridine rings is 1. The molecule has 0 bridgehead atoms. The van der Waals surface area contributed by atoms with Gasteiger partial charge in [0.05, 0.1) is 12.2 Å². The number of hydrogen-bond donors (Lipinski definition) is 0. The largest absolute Gasteiger partial charge is 0.462 e. The number of esters is 1. The molecular weight excluding hydrogens is 408 g/mol. The lowest BCUT2D eigenvalue weighted by Gasteiger charge is -2.23. The van der Waals surface area contributed by atoms with Crippen molar-refractivity contribution in [3.63, 3.8) is 0 Å². The molecule has 2 amide bonds. The quantitative estimate of drug-likeness (QED) is 0.486. The summed E-state index contributed by atoms with van der Waals surface area (Å²) in [4.78, 5) is 47.2. The van der Waals surface area contributed by atoms with Gasteiger partial charge in [-0.15, -0.1) is 0 Å². The minimum atomic E-state index is -0.370. The first kappa shape index (κ1) is 25.6. The first-order valence-corrected chi connectivity index (χ1v) is 11.9. The molecule has 0 radical (unpaired) electrons. The molecule has 0 aromatic carbocycles. The summed E-state index contributed by atoms with van der Waals surface area (Å²) in [5.74, 6) is 0.693. The molecule has 1 aliphatic rings. The number of aromatic nitrogens is 1. The Morgan fingerprint density at radius 3 is 2.38 bits per heavy atom. The van der Waals surface area contributed by atoms with E-state index in [4.69, 9.17) is 4.74 Å². The van der Waals surface area contributed by atoms with Gasteiger partial charge in [-0.2, -0.15) is 0 Å². The van der Waals surface area contributed by atoms with Crippen molar-refractivity contribution < 1.29 is 19.1 Å². The van der Waals surface area contributed by atoms with Crippen molar-refractivity contribution in [2.45, 2.75) is 59.3 Å². The lowest BCUT2D eigenvalue weighted by Crippen LogP contribution is -2.36. The summed E-state index contributed by atoms with van der Waals surface area (Å²) < 4.78 is 5.00. The molecule has 1 saturated heterocycles. The zero-order valence-corrected chi connectivity index (χ0v) is 19.8. The van der Waals surface area contributed by atoms with E-state index in [2.05, 4.69) is 23.7 Å². The standard InChI is InChI=1S/C24H38N4O4/c1-4-13-27(14-5-2)22(29)9-7-10-23(30)28-16-8-15-26(17-18-28)21-12-11-20(19-25-21)24(31)32-6-3/h11-12,19H,4-10,13-18H2,1-3H3. The van der Waals surface area contributed by atoms with E-state index in [1.54, 1.807) is 19.2 Å². The van der Waals surface area contributed by atoms with Crippen molar-refractivity contribution in [3.8, 4) is 0 Å². The SMILES string of the molecule is CCCN(CCC)C(=O)CCCC(=O)N1CCCN(c2ccc(C(=O)OCC)cn2)CC1. The van der Waals surface area contributed by atoms with Gasteiger partial charge in [0.15, 0.2) is 0 Å². The molecule has 0 spiro atoms. The Hall–Kier alpha value is -2.64. The van der Waals surface area contributed by atoms with Gasteiger partial charge in [-0.25, -0.2) is 9.78 Å². The van der Waals surface area contributed by atoms with Crippen molar-refractivity contribution in [1.82, 2.24) is 14.8 Å². The molecular formula is C24H38N4O4. The average Bonchev–Trinajstić information content (AvgIpc) is 3.05. The minimum Gasteiger partial charge on any atom is -0.462 e. The van der Waals surface area contributed by atoms with Crippen LogP contribution in [0.3, 0.4) is 0 Å². The van der Waals surface area contributed by atoms with Gasteiger partial charge in [-0.1, -0.05) is 13.8 Å². The van der Waals surface area contributed by atoms with Crippen LogP contribution in [0.15, 0.2) is 18.3 Å². The highest BCUT2D eigenvalue weighted by molar-refractivity contribution is 5.89. The molecule has 0 atom stereocenters. The number of amides is 2. The van der Waals surface area contributed by atoms with Gasteiger partial charge in [0.2, 0.25) is 11.8 Å². The van der Waals surface area contributed by atoms with E-state index < -0.39 is 0 Å². The predicted octanol–water partition coefficient (Wildman–Crippen LogP) is 3.12. The molecule has 2 heterocycles. The van der Waals surface area contributed by atoms with Crippen molar-refractivity contribution >= 4 is 23.6 Å². The highest BCUT2D eigenvalue weighted by atomic mass is 16.5. The maximum Gasteiger partial charge on any atom is 0.339 e. The molecule has 2 rings (SSSR count). The molecule has 1 fully saturated rings. The predicted molar refractivity (Wildman–Crippen MR) is 125 cm³/mol. The molecule has 1 aromatic heterocycles. The smallest absolute Gasteiger partial charge is 0.339 e. The number of nitrogens with zero attached hydrogens (tertiary/aromatic N) is 4. The Morgan fingerprint density at radius 2 is 1.75 bits per heavy atom. The number of ether oxygens (including phenoxy) is 1. The Morgan fingerprint density at radius 1 is 1.00 bits per heavy atom. The summed E-state index contributed by atoms with van der Waals surface area (Å²) in [6, 6.07) is 3.55. The van der Waals surface area contributed by atoms with E-state index in [-0.39, 0.29) is 17.8 Å². The van der Waals surface area contributed by atoms with Crippen molar-refractivity contribution in [2.75, 3.05) is 50.8 Å². The van der Waals surface area contributed by atoms with Gasteiger partial charge in [0, 0.05) is 58.3 Å². The summed E-state index contributed by atoms with van der Waals surface area (Å²) in [7, 11) is 0. The van der Waals surface area contributed by atoms with Crippen LogP contribution in [0.1, 0.15) is 69.7 Å². The van der Waals surface area contributed by atoms with Crippen LogP contribution >= 0.6 is 0 Å². The lowest BCUT2D eigenvalue weighted by molar-refractivity contribution is -0.132. The van der Waals surface area contributed by atoms with Gasteiger partial charge in [-0.3, -0.25) is 9.59 Å². The van der Waals surface area contributed by atoms with Crippen molar-refractivity contribution in [3.05, 3.63) is 23.9 Å². The first-order chi connectivity index (χ1) is 15.5. The van der Waals surface area contributed by atoms with E-state index in [1.807, 2.05) is 15.9 Å². The Kier molecular flexibility index (Phi) is 11.0. The molecule has 32 heavy (non-hydrogen) atoms. The second-order valence-electron chi connectivity index (χ2n) is 8.08. The maximum absolute atomic E-state index is 12.7. The van der Waals surface area contributed by atoms with Crippen LogP contribution in [0.5, 0.6) is 0 Å². The molecule has 0 aliphatic carbocycles. The maximum atomic E-state index is 12.7. The van der Waals surface area contributed by atoms with Gasteiger partial charge >= 0.3 is 5.97 Å². The monoisotopic (exact) mass is 446 g/mol. The minimum absolute atomic E-state index is 0.114. The molecule has 178 valence electrons. The summed E-state index contributed by atoms with van der Waals surface area (Å²) >= 11 is 0. The second-order valence-corrected chi connectivity index (χ2v) is 8.08. The number of carbonyl (C=O) groups is 3. The topological polar surface area (TPSA) is 83.1 Å². The molecule has 0 unspecified atom stereocenters. The van der Waals surface area contributed by atoms with Crippen LogP contribution in [0.25, 0.3) is 0 Å². The van der Waals surface area contributed by atoms with Crippen LogP contribution in [-0.4, -0.2) is 78.4 Å². The number of anilines is 1. The fourth-order valence-corrected chi connectivity index (χ4v) is 3.91. The summed E-state index contributed by atoms with van der Waals surface area (Å²) in [5, 5.41) is 0. The van der Waals surface area contributed by atoms with Crippen molar-refractivity contribution in [1.29, 1.82) is 0 Å². The molecule has 1 aromatic rings. The normalized spacial score (nSPS) is 14.1. The van der Waals surface area contributed by atoms with Gasteiger partial charge in [-0.05, 0) is 44.7 Å². The fourth-order valence-electron chi connectivity index (χ4n) is 3.91. The molecule has 0 saturated carbocycles. The summed E-state index contributed by atoms with van der Waals surface area (Å²) in [6.45, 7) is 10.7. The third kappa shape index (κ3) is 7.80. The van der Waals surface area contributed by atoms with Crippen molar-refractivity contribution in [2.24, 2.45) is 0 Å². The summed E-state index contributed by atoms with van der Waals surface area (Å²) in [5.41, 5.74) is 0.438. The molecule has 8 nitrogen and oxygen atoms in total. The molecule has 0 N–H and O–H groups in total. The van der Waals surface area contributed by atoms with E-state index in [1.165, 1.54) is 0 Å². The fraction of sp³-hybridized carbons (Fsp3) is 0.667. The van der Waals surface area contributed by atoms with Gasteiger partial charge < -0.3 is 19.4 Å². The van der Waals surface area contributed by atoms with Crippen LogP contribution in [0.4, 0.5) is 5.82 Å². The van der Waals surface area contributed by atoms with E-state index in [9.17, 15) is 14.4 Å². The van der Waals surface area contributed by atoms with E-state index in [0.29, 0.717) is 51.1 Å². The Balaban J connectivity index is 1.80. The molecule has 8 heteroatoms. The van der Waals surface area contributed by atoms with Gasteiger partial charge in [0.1, 0.15) is 5.82 Å². The van der Waals surface area contributed by atoms with Gasteiger partial charge in [0.25, 0.3) is 0 Å². The number of hydrogen-bond acceptors (Lipinski definition) is 6. The average molecular weight is 447 g/mol.